The molecule has 0 saturated heterocycles. The summed E-state index contributed by atoms with van der Waals surface area (Å²) in [6, 6.07) is -0.00694. The number of amides is 1. The molecule has 0 aromatic heterocycles. The Morgan fingerprint density at radius 2 is 2.20 bits per heavy atom. The van der Waals surface area contributed by atoms with Gasteiger partial charge < -0.3 is 16.2 Å². The molecule has 10 heavy (non-hydrogen) atoms. The second kappa shape index (κ2) is 2.88. The molecule has 58 valence electrons. The van der Waals surface area contributed by atoms with Gasteiger partial charge in [-0.2, -0.15) is 0 Å². The van der Waals surface area contributed by atoms with Crippen LogP contribution in [0.3, 0.4) is 0 Å². The van der Waals surface area contributed by atoms with Gasteiger partial charge in [0.1, 0.15) is 6.10 Å². The highest BCUT2D eigenvalue weighted by Crippen LogP contribution is 2.19. The number of carbonyl (C=O) groups is 1. The summed E-state index contributed by atoms with van der Waals surface area (Å²) in [4.78, 5) is 10.2. The largest absolute Gasteiger partial charge is 0.445 e. The van der Waals surface area contributed by atoms with E-state index < -0.39 is 6.09 Å². The standard InChI is InChI=1S/C6H12N2O2/c7-4-2-1-3-5(4)10-6(8)9/h4-5H,1-3,7H2,(H2,8,9)/t4-,5+/m1/s1. The van der Waals surface area contributed by atoms with E-state index in [4.69, 9.17) is 16.2 Å². The first-order valence-electron chi connectivity index (χ1n) is 3.42. The van der Waals surface area contributed by atoms with E-state index in [1.807, 2.05) is 0 Å². The van der Waals surface area contributed by atoms with Gasteiger partial charge in [0.25, 0.3) is 0 Å². The van der Waals surface area contributed by atoms with Crippen LogP contribution < -0.4 is 11.5 Å². The molecule has 0 spiro atoms. The van der Waals surface area contributed by atoms with Gasteiger partial charge in [0.05, 0.1) is 0 Å². The Balaban J connectivity index is 2.33. The van der Waals surface area contributed by atoms with E-state index in [9.17, 15) is 4.79 Å². The van der Waals surface area contributed by atoms with Crippen LogP contribution in [0.25, 0.3) is 0 Å². The molecule has 1 aliphatic rings. The highest BCUT2D eigenvalue weighted by molar-refractivity contribution is 5.64. The van der Waals surface area contributed by atoms with Gasteiger partial charge in [0, 0.05) is 6.04 Å². The molecule has 0 radical (unpaired) electrons. The number of ether oxygens (including phenoxy) is 1. The normalized spacial score (nSPS) is 32.1. The van der Waals surface area contributed by atoms with Crippen molar-refractivity contribution in [2.24, 2.45) is 11.5 Å². The zero-order chi connectivity index (χ0) is 7.56. The third-order valence-corrected chi connectivity index (χ3v) is 1.77. The Morgan fingerprint density at radius 1 is 1.50 bits per heavy atom. The average Bonchev–Trinajstić information content (AvgIpc) is 2.15. The highest BCUT2D eigenvalue weighted by atomic mass is 16.6. The molecule has 0 unspecified atom stereocenters. The maximum absolute atomic E-state index is 10.2. The quantitative estimate of drug-likeness (QED) is 0.542. The van der Waals surface area contributed by atoms with Crippen LogP contribution in [0.15, 0.2) is 0 Å². The summed E-state index contributed by atoms with van der Waals surface area (Å²) in [5, 5.41) is 0. The predicted molar refractivity (Wildman–Crippen MR) is 36.3 cm³/mol. The topological polar surface area (TPSA) is 78.3 Å². The summed E-state index contributed by atoms with van der Waals surface area (Å²) >= 11 is 0. The van der Waals surface area contributed by atoms with Crippen LogP contribution >= 0.6 is 0 Å². The number of nitrogens with two attached hydrogens (primary N) is 2. The fraction of sp³-hybridized carbons (Fsp3) is 0.833. The van der Waals surface area contributed by atoms with Crippen molar-refractivity contribution in [1.82, 2.24) is 0 Å². The predicted octanol–water partition coefficient (Wildman–Crippen LogP) is -0.0385. The maximum atomic E-state index is 10.2. The van der Waals surface area contributed by atoms with Gasteiger partial charge in [0.2, 0.25) is 0 Å². The molecule has 1 fully saturated rings. The van der Waals surface area contributed by atoms with Gasteiger partial charge in [0.15, 0.2) is 0 Å². The second-order valence-electron chi connectivity index (χ2n) is 2.57. The molecule has 0 aromatic carbocycles. The molecule has 0 aliphatic heterocycles. The van der Waals surface area contributed by atoms with Crippen LogP contribution in [-0.2, 0) is 4.74 Å². The number of hydrogen-bond acceptors (Lipinski definition) is 3. The van der Waals surface area contributed by atoms with E-state index >= 15 is 0 Å². The summed E-state index contributed by atoms with van der Waals surface area (Å²) in [6.45, 7) is 0. The molecule has 1 rings (SSSR count). The first kappa shape index (κ1) is 7.34. The Hall–Kier alpha value is -0.770. The highest BCUT2D eigenvalue weighted by Gasteiger charge is 2.26. The number of rotatable bonds is 1. The molecule has 4 nitrogen and oxygen atoms in total. The molecule has 1 amide bonds. The Morgan fingerprint density at radius 3 is 2.60 bits per heavy atom. The van der Waals surface area contributed by atoms with Crippen LogP contribution in [0.2, 0.25) is 0 Å². The van der Waals surface area contributed by atoms with E-state index in [2.05, 4.69) is 0 Å². The molecule has 1 saturated carbocycles. The minimum absolute atomic E-state index is 0.00694. The lowest BCUT2D eigenvalue weighted by Crippen LogP contribution is -2.34. The zero-order valence-electron chi connectivity index (χ0n) is 5.75. The minimum atomic E-state index is -0.720. The monoisotopic (exact) mass is 144 g/mol. The van der Waals surface area contributed by atoms with E-state index in [1.165, 1.54) is 0 Å². The summed E-state index contributed by atoms with van der Waals surface area (Å²) in [5.74, 6) is 0. The number of hydrogen-bond donors (Lipinski definition) is 2. The second-order valence-corrected chi connectivity index (χ2v) is 2.57. The molecule has 4 heteroatoms. The van der Waals surface area contributed by atoms with Crippen LogP contribution in [0.4, 0.5) is 4.79 Å². The molecular weight excluding hydrogens is 132 g/mol. The molecule has 0 bridgehead atoms. The van der Waals surface area contributed by atoms with Gasteiger partial charge in [-0.05, 0) is 19.3 Å². The van der Waals surface area contributed by atoms with Crippen molar-refractivity contribution >= 4 is 6.09 Å². The Kier molecular flexibility index (Phi) is 2.11. The first-order chi connectivity index (χ1) is 4.70. The SMILES string of the molecule is NC(=O)O[C@H]1CCC[C@H]1N. The first-order valence-corrected chi connectivity index (χ1v) is 3.42. The van der Waals surface area contributed by atoms with E-state index in [1.54, 1.807) is 0 Å². The van der Waals surface area contributed by atoms with Gasteiger partial charge in [-0.15, -0.1) is 0 Å². The van der Waals surface area contributed by atoms with Crippen molar-refractivity contribution in [3.63, 3.8) is 0 Å². The Bertz CT molecular complexity index is 138. The Labute approximate surface area is 59.5 Å². The van der Waals surface area contributed by atoms with Crippen LogP contribution in [0.1, 0.15) is 19.3 Å². The van der Waals surface area contributed by atoms with Crippen molar-refractivity contribution < 1.29 is 9.53 Å². The van der Waals surface area contributed by atoms with Crippen LogP contribution in [0.5, 0.6) is 0 Å². The van der Waals surface area contributed by atoms with Crippen LogP contribution in [0, 0.1) is 0 Å². The van der Waals surface area contributed by atoms with E-state index in [-0.39, 0.29) is 12.1 Å². The summed E-state index contributed by atoms with van der Waals surface area (Å²) in [6.07, 6.45) is 1.95. The van der Waals surface area contributed by atoms with Crippen molar-refractivity contribution in [2.45, 2.75) is 31.4 Å². The fourth-order valence-electron chi connectivity index (χ4n) is 1.25. The van der Waals surface area contributed by atoms with Gasteiger partial charge >= 0.3 is 6.09 Å². The van der Waals surface area contributed by atoms with Gasteiger partial charge in [-0.1, -0.05) is 0 Å². The molecule has 0 aromatic rings. The van der Waals surface area contributed by atoms with Crippen molar-refractivity contribution in [3.8, 4) is 0 Å². The minimum Gasteiger partial charge on any atom is -0.445 e. The number of primary amides is 1. The lowest BCUT2D eigenvalue weighted by Gasteiger charge is -2.13. The van der Waals surface area contributed by atoms with Gasteiger partial charge in [-0.25, -0.2) is 4.79 Å². The zero-order valence-corrected chi connectivity index (χ0v) is 5.75. The molecule has 1 aliphatic carbocycles. The van der Waals surface area contributed by atoms with Gasteiger partial charge in [-0.3, -0.25) is 0 Å². The third kappa shape index (κ3) is 1.60. The van der Waals surface area contributed by atoms with Crippen molar-refractivity contribution in [2.75, 3.05) is 0 Å². The summed E-state index contributed by atoms with van der Waals surface area (Å²) in [7, 11) is 0. The smallest absolute Gasteiger partial charge is 0.404 e. The fourth-order valence-corrected chi connectivity index (χ4v) is 1.25. The molecular formula is C6H12N2O2. The molecule has 2 atom stereocenters. The molecule has 0 heterocycles. The average molecular weight is 144 g/mol. The summed E-state index contributed by atoms with van der Waals surface area (Å²) in [5.41, 5.74) is 10.4. The van der Waals surface area contributed by atoms with Crippen LogP contribution in [-0.4, -0.2) is 18.2 Å². The summed E-state index contributed by atoms with van der Waals surface area (Å²) < 4.78 is 4.74. The lowest BCUT2D eigenvalue weighted by molar-refractivity contribution is 0.101. The third-order valence-electron chi connectivity index (χ3n) is 1.77. The van der Waals surface area contributed by atoms with E-state index in [0.29, 0.717) is 0 Å². The van der Waals surface area contributed by atoms with Crippen molar-refractivity contribution in [1.29, 1.82) is 0 Å². The molecule has 4 N–H and O–H groups in total. The van der Waals surface area contributed by atoms with Crippen molar-refractivity contribution in [3.05, 3.63) is 0 Å². The maximum Gasteiger partial charge on any atom is 0.404 e. The lowest BCUT2D eigenvalue weighted by atomic mass is 10.2. The van der Waals surface area contributed by atoms with E-state index in [0.717, 1.165) is 19.3 Å². The number of carbonyl (C=O) groups excluding carboxylic acids is 1.